The van der Waals surface area contributed by atoms with Crippen molar-refractivity contribution >= 4 is 11.3 Å². The van der Waals surface area contributed by atoms with E-state index in [0.29, 0.717) is 11.3 Å². The fraction of sp³-hybridized carbons (Fsp3) is 0.727. The molecule has 1 aromatic rings. The van der Waals surface area contributed by atoms with Crippen LogP contribution in [0.3, 0.4) is 0 Å². The van der Waals surface area contributed by atoms with Gasteiger partial charge in [0.2, 0.25) is 0 Å². The summed E-state index contributed by atoms with van der Waals surface area (Å²) in [6.45, 7) is 11.2. The molecule has 0 amide bonds. The monoisotopic (exact) mass is 197 g/mol. The first kappa shape index (κ1) is 10.7. The molecule has 0 spiro atoms. The molecule has 0 N–H and O–H groups in total. The van der Waals surface area contributed by atoms with Crippen molar-refractivity contribution in [3.8, 4) is 0 Å². The molecule has 1 rings (SSSR count). The number of nitrogens with zero attached hydrogens (tertiary/aromatic N) is 1. The van der Waals surface area contributed by atoms with Crippen LogP contribution in [0.2, 0.25) is 0 Å². The first-order chi connectivity index (χ1) is 5.88. The minimum Gasteiger partial charge on any atom is -0.249 e. The molecule has 0 atom stereocenters. The van der Waals surface area contributed by atoms with Gasteiger partial charge in [-0.3, -0.25) is 0 Å². The summed E-state index contributed by atoms with van der Waals surface area (Å²) in [4.78, 5) is 5.83. The van der Waals surface area contributed by atoms with Crippen molar-refractivity contribution in [2.24, 2.45) is 5.41 Å². The Balaban J connectivity index is 2.70. The molecule has 74 valence electrons. The summed E-state index contributed by atoms with van der Waals surface area (Å²) in [6, 6.07) is 0. The Morgan fingerprint density at radius 1 is 1.38 bits per heavy atom. The van der Waals surface area contributed by atoms with E-state index in [9.17, 15) is 0 Å². The predicted octanol–water partition coefficient (Wildman–Crippen LogP) is 3.86. The van der Waals surface area contributed by atoms with E-state index in [1.54, 1.807) is 0 Å². The quantitative estimate of drug-likeness (QED) is 0.701. The van der Waals surface area contributed by atoms with Crippen LogP contribution < -0.4 is 0 Å². The molecule has 0 bridgehead atoms. The highest BCUT2D eigenvalue weighted by atomic mass is 32.1. The fourth-order valence-electron chi connectivity index (χ4n) is 1.19. The second kappa shape index (κ2) is 3.79. The van der Waals surface area contributed by atoms with Crippen LogP contribution in [0.1, 0.15) is 50.4 Å². The van der Waals surface area contributed by atoms with E-state index in [1.165, 1.54) is 9.88 Å². The molecule has 1 heterocycles. The Morgan fingerprint density at radius 2 is 2.00 bits per heavy atom. The number of thiazole rings is 1. The molecule has 0 aliphatic carbocycles. The molecule has 0 aliphatic heterocycles. The second-order valence-corrected chi connectivity index (χ2v) is 6.20. The van der Waals surface area contributed by atoms with Gasteiger partial charge in [0, 0.05) is 17.0 Å². The first-order valence-electron chi connectivity index (χ1n) is 4.83. The molecule has 0 aliphatic rings. The van der Waals surface area contributed by atoms with Gasteiger partial charge in [-0.2, -0.15) is 0 Å². The van der Waals surface area contributed by atoms with Gasteiger partial charge in [0.05, 0.1) is 5.01 Å². The number of rotatable bonds is 2. The highest BCUT2D eigenvalue weighted by Crippen LogP contribution is 2.27. The van der Waals surface area contributed by atoms with Gasteiger partial charge in [-0.15, -0.1) is 11.3 Å². The third-order valence-electron chi connectivity index (χ3n) is 1.77. The topological polar surface area (TPSA) is 12.9 Å². The average molecular weight is 197 g/mol. The van der Waals surface area contributed by atoms with Crippen LogP contribution in [0.15, 0.2) is 6.20 Å². The van der Waals surface area contributed by atoms with E-state index in [0.717, 1.165) is 6.42 Å². The molecule has 13 heavy (non-hydrogen) atoms. The molecule has 0 saturated carbocycles. The molecule has 1 aromatic heterocycles. The van der Waals surface area contributed by atoms with Crippen LogP contribution in [-0.4, -0.2) is 4.98 Å². The van der Waals surface area contributed by atoms with Gasteiger partial charge in [0.15, 0.2) is 0 Å². The summed E-state index contributed by atoms with van der Waals surface area (Å²) in [5, 5.41) is 1.26. The standard InChI is InChI=1S/C11H19NS/c1-8(2)10-12-7-9(13-10)6-11(3,4)5/h7-8H,6H2,1-5H3. The summed E-state index contributed by atoms with van der Waals surface area (Å²) < 4.78 is 0. The zero-order valence-corrected chi connectivity index (χ0v) is 10.0. The van der Waals surface area contributed by atoms with Gasteiger partial charge in [0.25, 0.3) is 0 Å². The van der Waals surface area contributed by atoms with Crippen molar-refractivity contribution in [1.29, 1.82) is 0 Å². The molecule has 0 aromatic carbocycles. The van der Waals surface area contributed by atoms with Gasteiger partial charge >= 0.3 is 0 Å². The van der Waals surface area contributed by atoms with Crippen molar-refractivity contribution in [2.75, 3.05) is 0 Å². The maximum atomic E-state index is 4.42. The van der Waals surface area contributed by atoms with Gasteiger partial charge in [-0.05, 0) is 11.8 Å². The Bertz CT molecular complexity index is 268. The first-order valence-corrected chi connectivity index (χ1v) is 5.65. The molecular formula is C11H19NS. The minimum atomic E-state index is 0.376. The zero-order valence-electron chi connectivity index (χ0n) is 9.22. The van der Waals surface area contributed by atoms with Gasteiger partial charge in [-0.25, -0.2) is 4.98 Å². The summed E-state index contributed by atoms with van der Waals surface area (Å²) in [6.07, 6.45) is 3.17. The normalized spacial score (nSPS) is 12.5. The predicted molar refractivity (Wildman–Crippen MR) is 59.4 cm³/mol. The molecular weight excluding hydrogens is 178 g/mol. The van der Waals surface area contributed by atoms with Crippen LogP contribution in [-0.2, 0) is 6.42 Å². The molecule has 0 unspecified atom stereocenters. The minimum absolute atomic E-state index is 0.376. The lowest BCUT2D eigenvalue weighted by Gasteiger charge is -2.15. The lowest BCUT2D eigenvalue weighted by Crippen LogP contribution is -2.07. The average Bonchev–Trinajstić information content (AvgIpc) is 2.31. The Hall–Kier alpha value is -0.370. The van der Waals surface area contributed by atoms with Crippen LogP contribution in [0.5, 0.6) is 0 Å². The highest BCUT2D eigenvalue weighted by molar-refractivity contribution is 7.11. The Morgan fingerprint density at radius 3 is 2.38 bits per heavy atom. The van der Waals surface area contributed by atoms with Crippen molar-refractivity contribution in [1.82, 2.24) is 4.98 Å². The maximum absolute atomic E-state index is 4.42. The molecule has 0 saturated heterocycles. The van der Waals surface area contributed by atoms with Crippen molar-refractivity contribution in [3.63, 3.8) is 0 Å². The van der Waals surface area contributed by atoms with E-state index < -0.39 is 0 Å². The lowest BCUT2D eigenvalue weighted by molar-refractivity contribution is 0.414. The Labute approximate surface area is 85.2 Å². The summed E-state index contributed by atoms with van der Waals surface area (Å²) in [5.41, 5.74) is 0.376. The maximum Gasteiger partial charge on any atom is 0.0953 e. The van der Waals surface area contributed by atoms with Gasteiger partial charge in [-0.1, -0.05) is 34.6 Å². The second-order valence-electron chi connectivity index (χ2n) is 5.06. The zero-order chi connectivity index (χ0) is 10.1. The molecule has 0 radical (unpaired) electrons. The van der Waals surface area contributed by atoms with Crippen LogP contribution >= 0.6 is 11.3 Å². The van der Waals surface area contributed by atoms with Crippen LogP contribution in [0.4, 0.5) is 0 Å². The van der Waals surface area contributed by atoms with E-state index in [2.05, 4.69) is 39.6 Å². The van der Waals surface area contributed by atoms with E-state index in [4.69, 9.17) is 0 Å². The number of aromatic nitrogens is 1. The number of hydrogen-bond donors (Lipinski definition) is 0. The largest absolute Gasteiger partial charge is 0.249 e. The summed E-state index contributed by atoms with van der Waals surface area (Å²) in [5.74, 6) is 0.568. The van der Waals surface area contributed by atoms with Crippen LogP contribution in [0.25, 0.3) is 0 Å². The third kappa shape index (κ3) is 3.47. The SMILES string of the molecule is CC(C)c1ncc(CC(C)(C)C)s1. The molecule has 1 nitrogen and oxygen atoms in total. The third-order valence-corrected chi connectivity index (χ3v) is 3.07. The fourth-order valence-corrected chi connectivity index (χ4v) is 2.41. The van der Waals surface area contributed by atoms with Crippen LogP contribution in [0, 0.1) is 5.41 Å². The summed E-state index contributed by atoms with van der Waals surface area (Å²) in [7, 11) is 0. The Kier molecular flexibility index (Phi) is 3.12. The van der Waals surface area contributed by atoms with Gasteiger partial charge in [0.1, 0.15) is 0 Å². The smallest absolute Gasteiger partial charge is 0.0953 e. The van der Waals surface area contributed by atoms with Crippen molar-refractivity contribution in [3.05, 3.63) is 16.1 Å². The van der Waals surface area contributed by atoms with Crippen molar-refractivity contribution in [2.45, 2.75) is 47.0 Å². The van der Waals surface area contributed by atoms with E-state index >= 15 is 0 Å². The van der Waals surface area contributed by atoms with Gasteiger partial charge < -0.3 is 0 Å². The molecule has 0 fully saturated rings. The van der Waals surface area contributed by atoms with E-state index in [-0.39, 0.29) is 0 Å². The lowest BCUT2D eigenvalue weighted by atomic mass is 9.92. The van der Waals surface area contributed by atoms with E-state index in [1.807, 2.05) is 17.5 Å². The molecule has 2 heteroatoms. The van der Waals surface area contributed by atoms with Crippen molar-refractivity contribution < 1.29 is 0 Å². The number of hydrogen-bond acceptors (Lipinski definition) is 2. The highest BCUT2D eigenvalue weighted by Gasteiger charge is 2.14. The summed E-state index contributed by atoms with van der Waals surface area (Å²) >= 11 is 1.86.